The number of carbonyl (C=O) groups is 1. The van der Waals surface area contributed by atoms with Gasteiger partial charge in [0.1, 0.15) is 0 Å². The van der Waals surface area contributed by atoms with Crippen LogP contribution in [0.3, 0.4) is 0 Å². The van der Waals surface area contributed by atoms with Gasteiger partial charge in [0.15, 0.2) is 0 Å². The molecule has 0 fully saturated rings. The number of aliphatic carboxylic acids is 1. The summed E-state index contributed by atoms with van der Waals surface area (Å²) in [4.78, 5) is 10.3. The molecule has 0 spiro atoms. The van der Waals surface area contributed by atoms with Crippen LogP contribution in [-0.4, -0.2) is 33.5 Å². The molecule has 4 heteroatoms. The number of aliphatic hydroxyl groups excluding tert-OH is 2. The second kappa shape index (κ2) is 4.10. The molecule has 0 amide bonds. The molecule has 4 nitrogen and oxygen atoms in total. The van der Waals surface area contributed by atoms with Gasteiger partial charge in [-0.05, 0) is 19.9 Å². The third-order valence-corrected chi connectivity index (χ3v) is 1.12. The lowest BCUT2D eigenvalue weighted by molar-refractivity contribution is -0.133. The van der Waals surface area contributed by atoms with Crippen molar-refractivity contribution in [3.8, 4) is 0 Å². The number of rotatable bonds is 3. The van der Waals surface area contributed by atoms with Gasteiger partial charge in [-0.2, -0.15) is 0 Å². The zero-order valence-electron chi connectivity index (χ0n) is 6.48. The van der Waals surface area contributed by atoms with E-state index in [9.17, 15) is 4.79 Å². The summed E-state index contributed by atoms with van der Waals surface area (Å²) in [6.45, 7) is 2.76. The molecule has 2 atom stereocenters. The fourth-order valence-electron chi connectivity index (χ4n) is 0.649. The van der Waals surface area contributed by atoms with E-state index in [2.05, 4.69) is 0 Å². The topological polar surface area (TPSA) is 77.8 Å². The van der Waals surface area contributed by atoms with Gasteiger partial charge in [0.25, 0.3) is 0 Å². The summed E-state index contributed by atoms with van der Waals surface area (Å²) in [5.41, 5.74) is -0.181. The largest absolute Gasteiger partial charge is 0.478 e. The van der Waals surface area contributed by atoms with Crippen molar-refractivity contribution in [2.45, 2.75) is 26.1 Å². The minimum absolute atomic E-state index is 0.181. The van der Waals surface area contributed by atoms with Crippen LogP contribution in [0.4, 0.5) is 0 Å². The smallest absolute Gasteiger partial charge is 0.333 e. The Morgan fingerprint density at radius 3 is 1.91 bits per heavy atom. The number of hydrogen-bond acceptors (Lipinski definition) is 3. The molecular weight excluding hydrogens is 148 g/mol. The third-order valence-electron chi connectivity index (χ3n) is 1.12. The molecule has 0 saturated carbocycles. The van der Waals surface area contributed by atoms with E-state index < -0.39 is 18.2 Å². The summed E-state index contributed by atoms with van der Waals surface area (Å²) in [6.07, 6.45) is -0.801. The molecule has 0 saturated heterocycles. The Hall–Kier alpha value is -0.870. The van der Waals surface area contributed by atoms with E-state index in [0.29, 0.717) is 0 Å². The molecule has 0 rings (SSSR count). The molecule has 0 aliphatic carbocycles. The Kier molecular flexibility index (Phi) is 3.78. The Morgan fingerprint density at radius 2 is 1.82 bits per heavy atom. The van der Waals surface area contributed by atoms with Crippen LogP contribution in [0.1, 0.15) is 13.8 Å². The first-order valence-corrected chi connectivity index (χ1v) is 3.26. The molecule has 0 aliphatic heterocycles. The van der Waals surface area contributed by atoms with Crippen molar-refractivity contribution in [3.05, 3.63) is 11.6 Å². The van der Waals surface area contributed by atoms with Crippen LogP contribution < -0.4 is 0 Å². The van der Waals surface area contributed by atoms with Crippen LogP contribution in [0.5, 0.6) is 0 Å². The number of carboxylic acid groups (broad SMARTS) is 1. The van der Waals surface area contributed by atoms with Gasteiger partial charge in [0.2, 0.25) is 0 Å². The van der Waals surface area contributed by atoms with E-state index in [-0.39, 0.29) is 5.57 Å². The average molecular weight is 160 g/mol. The van der Waals surface area contributed by atoms with Crippen molar-refractivity contribution in [1.82, 2.24) is 0 Å². The Balaban J connectivity index is 4.47. The molecule has 0 aromatic carbocycles. The van der Waals surface area contributed by atoms with Crippen molar-refractivity contribution >= 4 is 5.97 Å². The molecule has 11 heavy (non-hydrogen) atoms. The highest BCUT2D eigenvalue weighted by molar-refractivity contribution is 5.87. The van der Waals surface area contributed by atoms with E-state index in [1.54, 1.807) is 0 Å². The van der Waals surface area contributed by atoms with Gasteiger partial charge in [-0.3, -0.25) is 0 Å². The van der Waals surface area contributed by atoms with Gasteiger partial charge < -0.3 is 15.3 Å². The minimum Gasteiger partial charge on any atom is -0.478 e. The van der Waals surface area contributed by atoms with E-state index in [4.69, 9.17) is 15.3 Å². The molecule has 0 heterocycles. The van der Waals surface area contributed by atoms with E-state index >= 15 is 0 Å². The van der Waals surface area contributed by atoms with Crippen molar-refractivity contribution in [3.63, 3.8) is 0 Å². The zero-order valence-corrected chi connectivity index (χ0v) is 6.48. The molecule has 0 bridgehead atoms. The maximum atomic E-state index is 10.3. The van der Waals surface area contributed by atoms with Crippen molar-refractivity contribution in [1.29, 1.82) is 0 Å². The molecule has 0 radical (unpaired) electrons. The second-order valence-corrected chi connectivity index (χ2v) is 2.34. The van der Waals surface area contributed by atoms with Crippen LogP contribution in [0.2, 0.25) is 0 Å². The van der Waals surface area contributed by atoms with Crippen molar-refractivity contribution in [2.75, 3.05) is 0 Å². The first-order chi connectivity index (χ1) is 4.95. The lowest BCUT2D eigenvalue weighted by Crippen LogP contribution is -2.16. The summed E-state index contributed by atoms with van der Waals surface area (Å²) >= 11 is 0. The van der Waals surface area contributed by atoms with E-state index in [1.807, 2.05) is 0 Å². The number of carboxylic acids is 1. The highest BCUT2D eigenvalue weighted by Crippen LogP contribution is 2.03. The Morgan fingerprint density at radius 1 is 1.36 bits per heavy atom. The summed E-state index contributed by atoms with van der Waals surface area (Å²) < 4.78 is 0. The van der Waals surface area contributed by atoms with Crippen LogP contribution in [-0.2, 0) is 4.79 Å². The van der Waals surface area contributed by atoms with Crippen LogP contribution >= 0.6 is 0 Å². The standard InChI is InChI=1S/C7H12O4/c1-4(8)3-6(5(2)9)7(10)11/h3-5,8-9H,1-2H3,(H,10,11). The second-order valence-electron chi connectivity index (χ2n) is 2.34. The normalized spacial score (nSPS) is 17.6. The van der Waals surface area contributed by atoms with E-state index in [0.717, 1.165) is 6.08 Å². The van der Waals surface area contributed by atoms with Gasteiger partial charge in [-0.1, -0.05) is 0 Å². The maximum Gasteiger partial charge on any atom is 0.333 e. The summed E-state index contributed by atoms with van der Waals surface area (Å²) in [7, 11) is 0. The lowest BCUT2D eigenvalue weighted by Gasteiger charge is -2.05. The molecule has 3 N–H and O–H groups in total. The van der Waals surface area contributed by atoms with Crippen LogP contribution in [0.25, 0.3) is 0 Å². The van der Waals surface area contributed by atoms with Crippen molar-refractivity contribution < 1.29 is 20.1 Å². The number of aliphatic hydroxyl groups is 2. The number of hydrogen-bond donors (Lipinski definition) is 3. The van der Waals surface area contributed by atoms with Gasteiger partial charge >= 0.3 is 5.97 Å². The van der Waals surface area contributed by atoms with Gasteiger partial charge in [-0.15, -0.1) is 0 Å². The minimum atomic E-state index is -1.21. The van der Waals surface area contributed by atoms with Crippen molar-refractivity contribution in [2.24, 2.45) is 0 Å². The quantitative estimate of drug-likeness (QED) is 0.498. The fraction of sp³-hybridized carbons (Fsp3) is 0.571. The summed E-state index contributed by atoms with van der Waals surface area (Å²) in [6, 6.07) is 0. The summed E-state index contributed by atoms with van der Waals surface area (Å²) in [5, 5.41) is 26.1. The van der Waals surface area contributed by atoms with Gasteiger partial charge in [0, 0.05) is 0 Å². The molecule has 64 valence electrons. The molecule has 0 aromatic heterocycles. The van der Waals surface area contributed by atoms with Crippen LogP contribution in [0, 0.1) is 0 Å². The highest BCUT2D eigenvalue weighted by Gasteiger charge is 2.13. The Bertz CT molecular complexity index is 169. The fourth-order valence-corrected chi connectivity index (χ4v) is 0.649. The predicted octanol–water partition coefficient (Wildman–Crippen LogP) is -0.241. The highest BCUT2D eigenvalue weighted by atomic mass is 16.4. The molecule has 2 unspecified atom stereocenters. The predicted molar refractivity (Wildman–Crippen MR) is 39.1 cm³/mol. The maximum absolute atomic E-state index is 10.3. The first kappa shape index (κ1) is 10.1. The van der Waals surface area contributed by atoms with Gasteiger partial charge in [-0.25, -0.2) is 4.79 Å². The lowest BCUT2D eigenvalue weighted by atomic mass is 10.1. The molecule has 0 aliphatic rings. The van der Waals surface area contributed by atoms with Crippen LogP contribution in [0.15, 0.2) is 11.6 Å². The van der Waals surface area contributed by atoms with Gasteiger partial charge in [0.05, 0.1) is 17.8 Å². The Labute approximate surface area is 64.8 Å². The average Bonchev–Trinajstić information content (AvgIpc) is 1.81. The summed E-state index contributed by atoms with van der Waals surface area (Å²) in [5.74, 6) is -1.21. The monoisotopic (exact) mass is 160 g/mol. The zero-order chi connectivity index (χ0) is 9.02. The molecule has 0 aromatic rings. The first-order valence-electron chi connectivity index (χ1n) is 3.26. The SMILES string of the molecule is CC(O)C=C(C(=O)O)C(C)O. The molecular formula is C7H12O4. The van der Waals surface area contributed by atoms with E-state index in [1.165, 1.54) is 13.8 Å². The third kappa shape index (κ3) is 3.75.